The van der Waals surface area contributed by atoms with E-state index >= 15 is 0 Å². The smallest absolute Gasteiger partial charge is 0.209 e. The number of benzene rings is 1. The van der Waals surface area contributed by atoms with Crippen LogP contribution in [0.4, 0.5) is 0 Å². The molecule has 1 aromatic carbocycles. The topological polar surface area (TPSA) is 62.8 Å². The summed E-state index contributed by atoms with van der Waals surface area (Å²) < 4.78 is 25.0. The molecule has 4 nitrogen and oxygen atoms in total. The highest BCUT2D eigenvalue weighted by Gasteiger charge is 2.22. The lowest BCUT2D eigenvalue weighted by molar-refractivity contribution is 0.596. The number of rotatable bonds is 2. The van der Waals surface area contributed by atoms with Gasteiger partial charge in [-0.2, -0.15) is 0 Å². The van der Waals surface area contributed by atoms with Gasteiger partial charge in [-0.15, -0.1) is 0 Å². The van der Waals surface area contributed by atoms with E-state index in [1.807, 2.05) is 0 Å². The van der Waals surface area contributed by atoms with E-state index in [4.69, 9.17) is 11.6 Å². The monoisotopic (exact) mass is 292 g/mol. The van der Waals surface area contributed by atoms with Gasteiger partial charge in [-0.3, -0.25) is 0 Å². The Morgan fingerprint density at radius 3 is 2.58 bits per heavy atom. The Bertz CT molecular complexity index is 841. The second kappa shape index (κ2) is 4.36. The number of H-pyrrole nitrogens is 1. The maximum Gasteiger partial charge on any atom is 0.209 e. The second-order valence-corrected chi connectivity index (χ2v) is 6.29. The van der Waals surface area contributed by atoms with Gasteiger partial charge in [0.1, 0.15) is 10.5 Å². The Morgan fingerprint density at radius 2 is 1.84 bits per heavy atom. The standard InChI is InChI=1S/C13H9ClN2O2S/c14-12-10-6-7-15-13(10)16-8-11(12)19(17,18)9-4-2-1-3-5-9/h1-8H,(H,15,16). The minimum absolute atomic E-state index is 0.0208. The maximum atomic E-state index is 12.5. The Morgan fingerprint density at radius 1 is 1.11 bits per heavy atom. The molecule has 2 aromatic heterocycles. The molecule has 0 aliphatic heterocycles. The van der Waals surface area contributed by atoms with E-state index in [0.29, 0.717) is 11.0 Å². The van der Waals surface area contributed by atoms with Gasteiger partial charge < -0.3 is 4.98 Å². The van der Waals surface area contributed by atoms with Gasteiger partial charge in [-0.1, -0.05) is 29.8 Å². The van der Waals surface area contributed by atoms with Crippen LogP contribution < -0.4 is 0 Å². The predicted octanol–water partition coefficient (Wildman–Crippen LogP) is 3.05. The van der Waals surface area contributed by atoms with Crippen LogP contribution in [0, 0.1) is 0 Å². The van der Waals surface area contributed by atoms with Gasteiger partial charge in [0, 0.05) is 17.8 Å². The summed E-state index contributed by atoms with van der Waals surface area (Å²) in [5, 5.41) is 0.786. The Labute approximate surface area is 115 Å². The molecule has 0 aliphatic carbocycles. The van der Waals surface area contributed by atoms with Gasteiger partial charge in [-0.25, -0.2) is 13.4 Å². The van der Waals surface area contributed by atoms with Crippen LogP contribution >= 0.6 is 11.6 Å². The van der Waals surface area contributed by atoms with Gasteiger partial charge in [0.2, 0.25) is 9.84 Å². The molecule has 19 heavy (non-hydrogen) atoms. The van der Waals surface area contributed by atoms with Crippen molar-refractivity contribution in [3.63, 3.8) is 0 Å². The number of sulfone groups is 1. The first-order valence-corrected chi connectivity index (χ1v) is 7.38. The van der Waals surface area contributed by atoms with Crippen LogP contribution in [0.2, 0.25) is 5.02 Å². The van der Waals surface area contributed by atoms with E-state index in [1.54, 1.807) is 30.5 Å². The molecule has 0 atom stereocenters. The summed E-state index contributed by atoms with van der Waals surface area (Å²) in [6.07, 6.45) is 2.95. The molecule has 0 bridgehead atoms. The highest BCUT2D eigenvalue weighted by atomic mass is 35.5. The third-order valence-corrected chi connectivity index (χ3v) is 5.13. The largest absolute Gasteiger partial charge is 0.346 e. The number of hydrogen-bond acceptors (Lipinski definition) is 3. The normalized spacial score (nSPS) is 11.8. The van der Waals surface area contributed by atoms with Gasteiger partial charge in [0.25, 0.3) is 0 Å². The van der Waals surface area contributed by atoms with Crippen LogP contribution in [0.25, 0.3) is 11.0 Å². The summed E-state index contributed by atoms with van der Waals surface area (Å²) in [5.41, 5.74) is 0.567. The lowest BCUT2D eigenvalue weighted by Gasteiger charge is -2.06. The van der Waals surface area contributed by atoms with Crippen LogP contribution in [0.5, 0.6) is 0 Å². The van der Waals surface area contributed by atoms with Crippen molar-refractivity contribution in [1.29, 1.82) is 0 Å². The third-order valence-electron chi connectivity index (χ3n) is 2.83. The van der Waals surface area contributed by atoms with Crippen molar-refractivity contribution < 1.29 is 8.42 Å². The summed E-state index contributed by atoms with van der Waals surface area (Å²) in [5.74, 6) is 0. The zero-order chi connectivity index (χ0) is 13.5. The van der Waals surface area contributed by atoms with E-state index in [9.17, 15) is 8.42 Å². The van der Waals surface area contributed by atoms with Crippen LogP contribution in [0.1, 0.15) is 0 Å². The fraction of sp³-hybridized carbons (Fsp3) is 0. The number of aromatic nitrogens is 2. The van der Waals surface area contributed by atoms with Crippen molar-refractivity contribution in [1.82, 2.24) is 9.97 Å². The number of halogens is 1. The van der Waals surface area contributed by atoms with Crippen LogP contribution in [0.3, 0.4) is 0 Å². The summed E-state index contributed by atoms with van der Waals surface area (Å²) in [7, 11) is -3.65. The lowest BCUT2D eigenvalue weighted by Crippen LogP contribution is -2.03. The maximum absolute atomic E-state index is 12.5. The van der Waals surface area contributed by atoms with E-state index in [2.05, 4.69) is 9.97 Å². The Hall–Kier alpha value is -1.85. The number of hydrogen-bond donors (Lipinski definition) is 1. The lowest BCUT2D eigenvalue weighted by atomic mass is 10.3. The molecule has 1 N–H and O–H groups in total. The number of fused-ring (bicyclic) bond motifs is 1. The number of aromatic amines is 1. The van der Waals surface area contributed by atoms with E-state index in [0.717, 1.165) is 0 Å². The molecule has 6 heteroatoms. The van der Waals surface area contributed by atoms with Gasteiger partial charge >= 0.3 is 0 Å². The highest BCUT2D eigenvalue weighted by Crippen LogP contribution is 2.31. The van der Waals surface area contributed by atoms with E-state index < -0.39 is 9.84 Å². The average Bonchev–Trinajstić information content (AvgIpc) is 2.89. The molecule has 3 aromatic rings. The second-order valence-electron chi connectivity index (χ2n) is 3.99. The first-order chi connectivity index (χ1) is 9.10. The zero-order valence-electron chi connectivity index (χ0n) is 9.67. The van der Waals surface area contributed by atoms with Gasteiger partial charge in [0.15, 0.2) is 0 Å². The molecule has 0 spiro atoms. The fourth-order valence-corrected chi connectivity index (χ4v) is 3.68. The van der Waals surface area contributed by atoms with Crippen molar-refractivity contribution in [3.8, 4) is 0 Å². The number of nitrogens with zero attached hydrogens (tertiary/aromatic N) is 1. The Kier molecular flexibility index (Phi) is 2.80. The summed E-state index contributed by atoms with van der Waals surface area (Å²) in [6.45, 7) is 0. The quantitative estimate of drug-likeness (QED) is 0.789. The molecule has 3 rings (SSSR count). The van der Waals surface area contributed by atoms with Crippen molar-refractivity contribution in [2.75, 3.05) is 0 Å². The van der Waals surface area contributed by atoms with E-state index in [-0.39, 0.29) is 14.8 Å². The van der Waals surface area contributed by atoms with Crippen molar-refractivity contribution in [2.24, 2.45) is 0 Å². The van der Waals surface area contributed by atoms with Gasteiger partial charge in [0.05, 0.1) is 9.92 Å². The Balaban J connectivity index is 2.27. The minimum atomic E-state index is -3.65. The minimum Gasteiger partial charge on any atom is -0.346 e. The van der Waals surface area contributed by atoms with Crippen molar-refractivity contribution in [2.45, 2.75) is 9.79 Å². The van der Waals surface area contributed by atoms with Crippen LogP contribution in [-0.4, -0.2) is 18.4 Å². The third kappa shape index (κ3) is 1.91. The van der Waals surface area contributed by atoms with Crippen molar-refractivity contribution in [3.05, 3.63) is 53.8 Å². The molecule has 0 amide bonds. The average molecular weight is 293 g/mol. The first kappa shape index (κ1) is 12.2. The molecule has 0 radical (unpaired) electrons. The summed E-state index contributed by atoms with van der Waals surface area (Å²) >= 11 is 6.18. The van der Waals surface area contributed by atoms with Gasteiger partial charge in [-0.05, 0) is 18.2 Å². The van der Waals surface area contributed by atoms with Crippen molar-refractivity contribution >= 4 is 32.5 Å². The number of pyridine rings is 1. The van der Waals surface area contributed by atoms with E-state index in [1.165, 1.54) is 18.3 Å². The first-order valence-electron chi connectivity index (χ1n) is 5.52. The molecule has 0 fully saturated rings. The molecule has 0 aliphatic rings. The fourth-order valence-electron chi connectivity index (χ4n) is 1.87. The molecule has 96 valence electrons. The molecule has 0 unspecified atom stereocenters. The molecular weight excluding hydrogens is 284 g/mol. The molecule has 0 saturated carbocycles. The van der Waals surface area contributed by atoms with Crippen LogP contribution in [0.15, 0.2) is 58.6 Å². The molecular formula is C13H9ClN2O2S. The number of nitrogens with one attached hydrogen (secondary N) is 1. The summed E-state index contributed by atoms with van der Waals surface area (Å²) in [4.78, 5) is 7.19. The predicted molar refractivity (Wildman–Crippen MR) is 73.0 cm³/mol. The SMILES string of the molecule is O=S(=O)(c1ccccc1)c1cnc2[nH]ccc2c1Cl. The molecule has 0 saturated heterocycles. The zero-order valence-corrected chi connectivity index (χ0v) is 11.2. The summed E-state index contributed by atoms with van der Waals surface area (Å²) in [6, 6.07) is 9.87. The van der Waals surface area contributed by atoms with Crippen LogP contribution in [-0.2, 0) is 9.84 Å². The highest BCUT2D eigenvalue weighted by molar-refractivity contribution is 7.91. The molecule has 2 heterocycles.